The molecule has 2 atom stereocenters. The highest BCUT2D eigenvalue weighted by molar-refractivity contribution is 5.96. The number of fused-ring (bicyclic) bond motifs is 19. The normalized spacial score (nSPS) is 19.5. The summed E-state index contributed by atoms with van der Waals surface area (Å²) in [4.78, 5) is 0. The first-order valence-electron chi connectivity index (χ1n) is 26.3. The predicted molar refractivity (Wildman–Crippen MR) is 290 cm³/mol. The zero-order valence-corrected chi connectivity index (χ0v) is 42.4. The smallest absolute Gasteiger partial charge is 0.0159 e. The van der Waals surface area contributed by atoms with E-state index in [1.807, 2.05) is 0 Å². The topological polar surface area (TPSA) is 0 Å². The SMILES string of the molecule is CCCc1ccccc1-c1ccc2c(c1C)-c1cc3c(cc1C2(C)C)-c1ccc(CCc2ccc4c(c2)C(C)(C)c2cc5c(cc2-4)C(C)(C)c2ccc4c(c2-5)C2CC2c2ccccc2-4)cc1C3(C)C. The van der Waals surface area contributed by atoms with Gasteiger partial charge in [0.15, 0.2) is 0 Å². The van der Waals surface area contributed by atoms with Crippen molar-refractivity contribution in [2.24, 2.45) is 0 Å². The van der Waals surface area contributed by atoms with E-state index in [2.05, 4.69) is 203 Å². The molecule has 0 aliphatic heterocycles. The maximum atomic E-state index is 2.64. The molecule has 8 aromatic rings. The van der Waals surface area contributed by atoms with Crippen LogP contribution in [0.4, 0.5) is 0 Å². The maximum absolute atomic E-state index is 2.64. The first-order valence-corrected chi connectivity index (χ1v) is 26.3. The van der Waals surface area contributed by atoms with Crippen LogP contribution in [-0.4, -0.2) is 0 Å². The van der Waals surface area contributed by atoms with Crippen LogP contribution in [0, 0.1) is 6.92 Å². The lowest BCUT2D eigenvalue weighted by Crippen LogP contribution is -2.17. The van der Waals surface area contributed by atoms with E-state index in [-0.39, 0.29) is 21.7 Å². The Kier molecular flexibility index (Phi) is 8.31. The Balaban J connectivity index is 0.769. The van der Waals surface area contributed by atoms with Crippen molar-refractivity contribution in [1.29, 1.82) is 0 Å². The largest absolute Gasteiger partial charge is 0.0651 e. The van der Waals surface area contributed by atoms with Gasteiger partial charge in [-0.2, -0.15) is 0 Å². The monoisotopic (exact) mass is 893 g/mol. The van der Waals surface area contributed by atoms with Gasteiger partial charge in [-0.05, 0) is 213 Å². The molecule has 0 saturated heterocycles. The summed E-state index contributed by atoms with van der Waals surface area (Å²) in [5, 5.41) is 0. The Morgan fingerprint density at radius 2 is 0.841 bits per heavy atom. The van der Waals surface area contributed by atoms with Gasteiger partial charge in [-0.25, -0.2) is 0 Å². The van der Waals surface area contributed by atoms with Crippen LogP contribution in [0.5, 0.6) is 0 Å². The van der Waals surface area contributed by atoms with Crippen LogP contribution in [0.25, 0.3) is 66.8 Å². The number of aryl methyl sites for hydroxylation is 3. The molecule has 1 fully saturated rings. The molecule has 0 aromatic heterocycles. The fourth-order valence-corrected chi connectivity index (χ4v) is 15.1. The predicted octanol–water partition coefficient (Wildman–Crippen LogP) is 17.9. The molecule has 0 nitrogen and oxygen atoms in total. The molecule has 0 bridgehead atoms. The fourth-order valence-electron chi connectivity index (χ4n) is 15.1. The summed E-state index contributed by atoms with van der Waals surface area (Å²) in [5.41, 5.74) is 37.8. The van der Waals surface area contributed by atoms with Crippen LogP contribution in [0.1, 0.15) is 165 Å². The molecular formula is C69H64. The van der Waals surface area contributed by atoms with Crippen molar-refractivity contribution >= 4 is 0 Å². The van der Waals surface area contributed by atoms with Crippen LogP contribution >= 0.6 is 0 Å². The van der Waals surface area contributed by atoms with Gasteiger partial charge in [-0.15, -0.1) is 0 Å². The lowest BCUT2D eigenvalue weighted by molar-refractivity contribution is 0.650. The Labute approximate surface area is 410 Å². The third kappa shape index (κ3) is 5.42. The van der Waals surface area contributed by atoms with E-state index in [0.29, 0.717) is 11.8 Å². The van der Waals surface area contributed by atoms with Crippen LogP contribution in [0.15, 0.2) is 133 Å². The van der Waals surface area contributed by atoms with Gasteiger partial charge < -0.3 is 0 Å². The molecule has 6 aliphatic carbocycles. The summed E-state index contributed by atoms with van der Waals surface area (Å²) in [5.74, 6) is 1.31. The van der Waals surface area contributed by atoms with Crippen LogP contribution in [0.3, 0.4) is 0 Å². The Morgan fingerprint density at radius 3 is 1.45 bits per heavy atom. The van der Waals surface area contributed by atoms with Gasteiger partial charge in [0.05, 0.1) is 0 Å². The first-order chi connectivity index (χ1) is 33.1. The zero-order chi connectivity index (χ0) is 47.3. The average Bonchev–Trinajstić information content (AvgIpc) is 3.97. The van der Waals surface area contributed by atoms with E-state index in [4.69, 9.17) is 0 Å². The second-order valence-corrected chi connectivity index (χ2v) is 24.2. The second kappa shape index (κ2) is 13.8. The Bertz CT molecular complexity index is 3610. The standard InChI is InChI=1S/C69H64/c1-11-16-41-17-12-13-18-43(41)42-27-29-55-63(38(42)2)53-36-59-50(34-61(53)66(55,3)4)46-25-23-39(31-57(46)68(59,7)8)21-22-40-24-26-47-51-35-62-54(37-60(51)69(9,10)58(47)32-40)65-56(67(62,5)6)30-28-48-44-19-14-15-20-45(44)49-33-52(49)64(48)65/h12-15,17-20,23-32,34-37,49,52H,11,16,21-22,33H2,1-10H3. The van der Waals surface area contributed by atoms with Crippen LogP contribution in [0.2, 0.25) is 0 Å². The van der Waals surface area contributed by atoms with Crippen molar-refractivity contribution in [3.63, 3.8) is 0 Å². The molecule has 0 N–H and O–H groups in total. The first kappa shape index (κ1) is 41.7. The fraction of sp³-hybridized carbons (Fsp3) is 0.304. The van der Waals surface area contributed by atoms with Gasteiger partial charge in [0, 0.05) is 21.7 Å². The number of benzene rings is 8. The molecule has 6 aliphatic rings. The molecule has 1 saturated carbocycles. The number of rotatable bonds is 6. The second-order valence-electron chi connectivity index (χ2n) is 24.2. The quantitative estimate of drug-likeness (QED) is 0.156. The lowest BCUT2D eigenvalue weighted by atomic mass is 9.78. The third-order valence-electron chi connectivity index (χ3n) is 19.0. The summed E-state index contributed by atoms with van der Waals surface area (Å²) < 4.78 is 0. The molecule has 340 valence electrons. The average molecular weight is 893 g/mol. The zero-order valence-electron chi connectivity index (χ0n) is 42.4. The van der Waals surface area contributed by atoms with Gasteiger partial charge in [-0.1, -0.05) is 178 Å². The lowest BCUT2D eigenvalue weighted by Gasteiger charge is -2.25. The molecule has 2 unspecified atom stereocenters. The molecule has 8 aromatic carbocycles. The van der Waals surface area contributed by atoms with Gasteiger partial charge in [0.25, 0.3) is 0 Å². The maximum Gasteiger partial charge on any atom is 0.0159 e. The van der Waals surface area contributed by atoms with Gasteiger partial charge in [-0.3, -0.25) is 0 Å². The summed E-state index contributed by atoms with van der Waals surface area (Å²) >= 11 is 0. The van der Waals surface area contributed by atoms with E-state index < -0.39 is 0 Å². The van der Waals surface area contributed by atoms with E-state index in [1.165, 1.54) is 134 Å². The molecular weight excluding hydrogens is 829 g/mol. The molecule has 0 amide bonds. The highest BCUT2D eigenvalue weighted by Gasteiger charge is 2.51. The van der Waals surface area contributed by atoms with Crippen molar-refractivity contribution in [3.8, 4) is 66.8 Å². The molecule has 0 heteroatoms. The van der Waals surface area contributed by atoms with Gasteiger partial charge in [0.1, 0.15) is 0 Å². The minimum absolute atomic E-state index is 0.0407. The molecule has 14 rings (SSSR count). The summed E-state index contributed by atoms with van der Waals surface area (Å²) in [6.45, 7) is 24.4. The van der Waals surface area contributed by atoms with E-state index in [9.17, 15) is 0 Å². The van der Waals surface area contributed by atoms with E-state index in [0.717, 1.165) is 25.7 Å². The molecule has 0 spiro atoms. The Morgan fingerprint density at radius 1 is 0.377 bits per heavy atom. The number of hydrogen-bond acceptors (Lipinski definition) is 0. The van der Waals surface area contributed by atoms with E-state index >= 15 is 0 Å². The summed E-state index contributed by atoms with van der Waals surface area (Å²) in [7, 11) is 0. The minimum atomic E-state index is -0.0925. The highest BCUT2D eigenvalue weighted by Crippen LogP contribution is 2.67. The Hall–Kier alpha value is -6.24. The van der Waals surface area contributed by atoms with Crippen LogP contribution < -0.4 is 0 Å². The minimum Gasteiger partial charge on any atom is -0.0651 e. The van der Waals surface area contributed by atoms with Crippen LogP contribution in [-0.2, 0) is 40.9 Å². The van der Waals surface area contributed by atoms with Crippen molar-refractivity contribution in [3.05, 3.63) is 211 Å². The third-order valence-corrected chi connectivity index (χ3v) is 19.0. The molecule has 0 heterocycles. The number of hydrogen-bond donors (Lipinski definition) is 0. The van der Waals surface area contributed by atoms with Crippen molar-refractivity contribution in [2.45, 2.75) is 135 Å². The highest BCUT2D eigenvalue weighted by atomic mass is 14.5. The van der Waals surface area contributed by atoms with Gasteiger partial charge >= 0.3 is 0 Å². The molecule has 69 heavy (non-hydrogen) atoms. The van der Waals surface area contributed by atoms with Gasteiger partial charge in [0.2, 0.25) is 0 Å². The van der Waals surface area contributed by atoms with Crippen molar-refractivity contribution < 1.29 is 0 Å². The van der Waals surface area contributed by atoms with Crippen molar-refractivity contribution in [2.75, 3.05) is 0 Å². The van der Waals surface area contributed by atoms with Crippen molar-refractivity contribution in [1.82, 2.24) is 0 Å². The summed E-state index contributed by atoms with van der Waals surface area (Å²) in [6, 6.07) is 53.4. The van der Waals surface area contributed by atoms with E-state index in [1.54, 1.807) is 16.7 Å². The summed E-state index contributed by atoms with van der Waals surface area (Å²) in [6.07, 6.45) is 5.59. The molecule has 0 radical (unpaired) electrons.